The number of fused-ring (bicyclic) bond motifs is 1. The predicted octanol–water partition coefficient (Wildman–Crippen LogP) is 2.71. The monoisotopic (exact) mass is 229 g/mol. The van der Waals surface area contributed by atoms with Gasteiger partial charge < -0.3 is 4.42 Å². The number of carbonyl (C=O) groups is 1. The third-order valence-electron chi connectivity index (χ3n) is 3.34. The van der Waals surface area contributed by atoms with Crippen molar-refractivity contribution < 1.29 is 9.21 Å². The number of furan rings is 1. The van der Waals surface area contributed by atoms with E-state index in [0.29, 0.717) is 18.2 Å². The van der Waals surface area contributed by atoms with Crippen LogP contribution < -0.4 is 0 Å². The molecule has 3 rings (SSSR count). The van der Waals surface area contributed by atoms with Crippen LogP contribution in [0.5, 0.6) is 0 Å². The van der Waals surface area contributed by atoms with E-state index in [2.05, 4.69) is 4.90 Å². The highest BCUT2D eigenvalue weighted by Crippen LogP contribution is 2.26. The molecule has 0 aliphatic heterocycles. The number of hydrogen-bond acceptors (Lipinski definition) is 3. The van der Waals surface area contributed by atoms with Crippen LogP contribution in [0.25, 0.3) is 11.0 Å². The number of hydrogen-bond donors (Lipinski definition) is 0. The first-order chi connectivity index (χ1) is 8.25. The van der Waals surface area contributed by atoms with Gasteiger partial charge in [-0.05, 0) is 26.0 Å². The van der Waals surface area contributed by atoms with E-state index in [4.69, 9.17) is 4.42 Å². The largest absolute Gasteiger partial charge is 0.464 e. The molecule has 3 nitrogen and oxygen atoms in total. The highest BCUT2D eigenvalue weighted by atomic mass is 16.3. The number of Topliss-reactive ketones (excluding diaryl/α,β-unsaturated/α-hetero) is 1. The molecule has 0 spiro atoms. The lowest BCUT2D eigenvalue weighted by molar-refractivity contribution is 0.0943. The Bertz CT molecular complexity index is 554. The second-order valence-corrected chi connectivity index (χ2v) is 4.72. The molecule has 1 aliphatic rings. The van der Waals surface area contributed by atoms with Crippen molar-refractivity contribution in [1.29, 1.82) is 0 Å². The van der Waals surface area contributed by atoms with Gasteiger partial charge in [-0.25, -0.2) is 0 Å². The fourth-order valence-electron chi connectivity index (χ4n) is 2.15. The lowest BCUT2D eigenvalue weighted by Gasteiger charge is -2.13. The van der Waals surface area contributed by atoms with Gasteiger partial charge in [-0.1, -0.05) is 18.2 Å². The Morgan fingerprint density at radius 1 is 1.41 bits per heavy atom. The van der Waals surface area contributed by atoms with Gasteiger partial charge in [-0.3, -0.25) is 9.69 Å². The average Bonchev–Trinajstić information content (AvgIpc) is 3.09. The van der Waals surface area contributed by atoms with Crippen LogP contribution in [-0.2, 0) is 0 Å². The Morgan fingerprint density at radius 2 is 2.18 bits per heavy atom. The molecule has 1 aliphatic carbocycles. The van der Waals surface area contributed by atoms with Crippen molar-refractivity contribution in [1.82, 2.24) is 4.90 Å². The summed E-state index contributed by atoms with van der Waals surface area (Å²) >= 11 is 0. The van der Waals surface area contributed by atoms with E-state index in [0.717, 1.165) is 11.0 Å². The van der Waals surface area contributed by atoms with Crippen molar-refractivity contribution in [3.63, 3.8) is 0 Å². The fourth-order valence-corrected chi connectivity index (χ4v) is 2.15. The van der Waals surface area contributed by atoms with E-state index in [1.807, 2.05) is 31.3 Å². The van der Waals surface area contributed by atoms with E-state index >= 15 is 0 Å². The molecular formula is C14H15NO2. The van der Waals surface area contributed by atoms with Crippen LogP contribution in [0, 0.1) is 0 Å². The number of likely N-dealkylation sites (N-methyl/N-ethyl adjacent to an activating group) is 1. The van der Waals surface area contributed by atoms with Crippen LogP contribution in [0.15, 0.2) is 34.9 Å². The Morgan fingerprint density at radius 3 is 2.94 bits per heavy atom. The maximum Gasteiger partial charge on any atom is 0.180 e. The Hall–Kier alpha value is -1.61. The molecule has 1 aromatic carbocycles. The number of nitrogens with zero attached hydrogens (tertiary/aromatic N) is 1. The number of ketones is 1. The third-order valence-corrected chi connectivity index (χ3v) is 3.34. The molecule has 1 fully saturated rings. The summed E-state index contributed by atoms with van der Waals surface area (Å²) in [6, 6.07) is 8.27. The zero-order valence-corrected chi connectivity index (χ0v) is 9.85. The molecule has 1 saturated carbocycles. The van der Waals surface area contributed by atoms with Crippen molar-refractivity contribution in [2.24, 2.45) is 0 Å². The molecule has 1 aromatic heterocycles. The van der Waals surface area contributed by atoms with E-state index in [1.54, 1.807) is 6.26 Å². The quantitative estimate of drug-likeness (QED) is 0.756. The summed E-state index contributed by atoms with van der Waals surface area (Å²) in [4.78, 5) is 14.3. The maximum absolute atomic E-state index is 12.2. The summed E-state index contributed by atoms with van der Waals surface area (Å²) in [5.41, 5.74) is 1.48. The minimum atomic E-state index is 0.143. The minimum Gasteiger partial charge on any atom is -0.464 e. The normalized spacial score (nSPS) is 15.6. The number of benzene rings is 1. The second kappa shape index (κ2) is 4.00. The lowest BCUT2D eigenvalue weighted by atomic mass is 10.1. The van der Waals surface area contributed by atoms with Crippen molar-refractivity contribution in [2.45, 2.75) is 18.9 Å². The predicted molar refractivity (Wildman–Crippen MR) is 66.2 cm³/mol. The van der Waals surface area contributed by atoms with Gasteiger partial charge in [-0.2, -0.15) is 0 Å². The molecule has 0 atom stereocenters. The van der Waals surface area contributed by atoms with E-state index < -0.39 is 0 Å². The van der Waals surface area contributed by atoms with Gasteiger partial charge in [0, 0.05) is 11.4 Å². The maximum atomic E-state index is 12.2. The number of carbonyl (C=O) groups excluding carboxylic acids is 1. The van der Waals surface area contributed by atoms with E-state index in [9.17, 15) is 4.79 Å². The van der Waals surface area contributed by atoms with Crippen molar-refractivity contribution in [3.05, 3.63) is 36.1 Å². The first-order valence-electron chi connectivity index (χ1n) is 5.95. The molecule has 3 heteroatoms. The third kappa shape index (κ3) is 1.98. The molecular weight excluding hydrogens is 214 g/mol. The first kappa shape index (κ1) is 10.5. The summed E-state index contributed by atoms with van der Waals surface area (Å²) in [6.45, 7) is 0.480. The Kier molecular flexibility index (Phi) is 2.48. The van der Waals surface area contributed by atoms with Gasteiger partial charge in [0.1, 0.15) is 11.8 Å². The Labute approximate surface area is 100 Å². The number of rotatable bonds is 4. The first-order valence-corrected chi connectivity index (χ1v) is 5.95. The van der Waals surface area contributed by atoms with Crippen LogP contribution in [-0.4, -0.2) is 30.3 Å². The smallest absolute Gasteiger partial charge is 0.180 e. The van der Waals surface area contributed by atoms with Crippen LogP contribution in [0.4, 0.5) is 0 Å². The van der Waals surface area contributed by atoms with Crippen LogP contribution >= 0.6 is 0 Å². The molecule has 0 radical (unpaired) electrons. The van der Waals surface area contributed by atoms with Crippen LogP contribution in [0.1, 0.15) is 23.2 Å². The molecule has 2 aromatic rings. The summed E-state index contributed by atoms with van der Waals surface area (Å²) in [6.07, 6.45) is 4.01. The molecule has 0 N–H and O–H groups in total. The number of para-hydroxylation sites is 1. The van der Waals surface area contributed by atoms with Gasteiger partial charge in [0.15, 0.2) is 5.78 Å². The Balaban J connectivity index is 1.85. The van der Waals surface area contributed by atoms with Crippen molar-refractivity contribution in [3.8, 4) is 0 Å². The summed E-state index contributed by atoms with van der Waals surface area (Å²) < 4.78 is 5.39. The van der Waals surface area contributed by atoms with Gasteiger partial charge in [0.25, 0.3) is 0 Å². The van der Waals surface area contributed by atoms with Crippen LogP contribution in [0.3, 0.4) is 0 Å². The lowest BCUT2D eigenvalue weighted by Crippen LogP contribution is -2.27. The molecule has 17 heavy (non-hydrogen) atoms. The van der Waals surface area contributed by atoms with E-state index in [-0.39, 0.29) is 5.78 Å². The zero-order valence-electron chi connectivity index (χ0n) is 9.85. The van der Waals surface area contributed by atoms with E-state index in [1.165, 1.54) is 12.8 Å². The molecule has 0 unspecified atom stereocenters. The highest BCUT2D eigenvalue weighted by Gasteiger charge is 2.28. The molecule has 88 valence electrons. The topological polar surface area (TPSA) is 33.5 Å². The second-order valence-electron chi connectivity index (χ2n) is 4.72. The fraction of sp³-hybridized carbons (Fsp3) is 0.357. The molecule has 0 amide bonds. The summed E-state index contributed by atoms with van der Waals surface area (Å²) in [5, 5.41) is 0.918. The van der Waals surface area contributed by atoms with Gasteiger partial charge in [-0.15, -0.1) is 0 Å². The van der Waals surface area contributed by atoms with Crippen molar-refractivity contribution >= 4 is 16.8 Å². The molecule has 0 saturated heterocycles. The van der Waals surface area contributed by atoms with Gasteiger partial charge in [0.05, 0.1) is 12.1 Å². The highest BCUT2D eigenvalue weighted by molar-refractivity contribution is 6.08. The summed E-state index contributed by atoms with van der Waals surface area (Å²) in [7, 11) is 2.01. The van der Waals surface area contributed by atoms with Crippen molar-refractivity contribution in [2.75, 3.05) is 13.6 Å². The molecule has 0 bridgehead atoms. The summed E-state index contributed by atoms with van der Waals surface area (Å²) in [5.74, 6) is 0.143. The van der Waals surface area contributed by atoms with Gasteiger partial charge in [0.2, 0.25) is 0 Å². The SMILES string of the molecule is CN(CC(=O)c1coc2ccccc12)C1CC1. The molecule has 1 heterocycles. The average molecular weight is 229 g/mol. The van der Waals surface area contributed by atoms with Gasteiger partial charge >= 0.3 is 0 Å². The minimum absolute atomic E-state index is 0.143. The zero-order chi connectivity index (χ0) is 11.8. The van der Waals surface area contributed by atoms with Crippen LogP contribution in [0.2, 0.25) is 0 Å². The standard InChI is InChI=1S/C14H15NO2/c1-15(10-6-7-10)8-13(16)12-9-17-14-5-3-2-4-11(12)14/h2-5,9-10H,6-8H2,1H3.